The summed E-state index contributed by atoms with van der Waals surface area (Å²) in [7, 11) is 1.54. The molecule has 2 rings (SSSR count). The molecule has 0 saturated heterocycles. The van der Waals surface area contributed by atoms with E-state index >= 15 is 0 Å². The highest BCUT2D eigenvalue weighted by molar-refractivity contribution is 5.96. The molecule has 1 atom stereocenters. The molecule has 1 unspecified atom stereocenters. The largest absolute Gasteiger partial charge is 0.382 e. The zero-order valence-corrected chi connectivity index (χ0v) is 18.2. The van der Waals surface area contributed by atoms with Crippen LogP contribution >= 0.6 is 0 Å². The average Bonchev–Trinajstić information content (AvgIpc) is 2.77. The number of nitrogens with one attached hydrogen (secondary N) is 2. The zero-order valence-electron chi connectivity index (χ0n) is 18.2. The van der Waals surface area contributed by atoms with Crippen LogP contribution in [0.4, 0.5) is 5.82 Å². The summed E-state index contributed by atoms with van der Waals surface area (Å²) in [4.78, 5) is 20.5. The third-order valence-electron chi connectivity index (χ3n) is 4.88. The van der Waals surface area contributed by atoms with Gasteiger partial charge in [-0.1, -0.05) is 49.9 Å². The molecule has 6 heteroatoms. The number of benzene rings is 1. The van der Waals surface area contributed by atoms with Crippen molar-refractivity contribution in [2.24, 2.45) is 0 Å². The summed E-state index contributed by atoms with van der Waals surface area (Å²) in [6.45, 7) is 11.0. The van der Waals surface area contributed by atoms with Gasteiger partial charge in [-0.05, 0) is 43.0 Å². The Kier molecular flexibility index (Phi) is 8.50. The van der Waals surface area contributed by atoms with Crippen LogP contribution < -0.4 is 16.4 Å². The molecule has 0 aliphatic carbocycles. The lowest BCUT2D eigenvalue weighted by Crippen LogP contribution is -2.27. The Labute approximate surface area is 179 Å². The summed E-state index contributed by atoms with van der Waals surface area (Å²) in [6.07, 6.45) is 8.66. The Hall–Kier alpha value is -3.25. The van der Waals surface area contributed by atoms with Crippen molar-refractivity contribution in [1.82, 2.24) is 20.6 Å². The third-order valence-corrected chi connectivity index (χ3v) is 4.88. The second-order valence-corrected chi connectivity index (χ2v) is 6.91. The number of rotatable bonds is 9. The number of hydrogen-bond acceptors (Lipinski definition) is 5. The molecule has 1 amide bonds. The fraction of sp³-hybridized carbons (Fsp3) is 0.292. The van der Waals surface area contributed by atoms with Crippen LogP contribution in [0.15, 0.2) is 66.4 Å². The van der Waals surface area contributed by atoms with Crippen molar-refractivity contribution in [3.8, 4) is 11.3 Å². The molecule has 0 fully saturated rings. The Morgan fingerprint density at radius 2 is 2.13 bits per heavy atom. The summed E-state index contributed by atoms with van der Waals surface area (Å²) in [6, 6.07) is 8.16. The van der Waals surface area contributed by atoms with Crippen molar-refractivity contribution in [3.63, 3.8) is 0 Å². The molecule has 0 aliphatic heterocycles. The lowest BCUT2D eigenvalue weighted by atomic mass is 9.99. The minimum Gasteiger partial charge on any atom is -0.382 e. The monoisotopic (exact) mass is 405 g/mol. The number of nitrogens with zero attached hydrogens (tertiary/aromatic N) is 2. The van der Waals surface area contributed by atoms with E-state index in [9.17, 15) is 4.79 Å². The van der Waals surface area contributed by atoms with Gasteiger partial charge in [0.1, 0.15) is 0 Å². The molecule has 0 bridgehead atoms. The minimum atomic E-state index is -0.356. The predicted octanol–water partition coefficient (Wildman–Crippen LogP) is 4.03. The number of carbonyl (C=O) groups excluding carboxylic acids is 1. The van der Waals surface area contributed by atoms with E-state index in [4.69, 9.17) is 5.73 Å². The molecule has 30 heavy (non-hydrogen) atoms. The first-order valence-corrected chi connectivity index (χ1v) is 10.1. The molecule has 0 spiro atoms. The molecular formula is C24H31N5O. The standard InChI is InChI=1S/C24H31N5O/c1-6-10-18(7-2)20(8-3)16(4)27-14-17-11-9-12-19(13-17)21-15-28-23(25)22(29-21)24(30)26-5/h6,8-13,15-16,27H,3,7,14H2,1-2,4-5H3,(H2,25,28)(H,26,30)/b10-6-,20-18+. The summed E-state index contributed by atoms with van der Waals surface area (Å²) < 4.78 is 0. The molecule has 1 aromatic carbocycles. The summed E-state index contributed by atoms with van der Waals surface area (Å²) in [5.74, 6) is -0.244. The molecule has 0 saturated carbocycles. The first-order chi connectivity index (χ1) is 14.4. The quantitative estimate of drug-likeness (QED) is 0.548. The van der Waals surface area contributed by atoms with Gasteiger partial charge in [0, 0.05) is 25.2 Å². The highest BCUT2D eigenvalue weighted by atomic mass is 16.1. The van der Waals surface area contributed by atoms with Crippen LogP contribution in [0.3, 0.4) is 0 Å². The van der Waals surface area contributed by atoms with Crippen LogP contribution in [0.2, 0.25) is 0 Å². The van der Waals surface area contributed by atoms with Crippen LogP contribution in [0, 0.1) is 0 Å². The number of amides is 1. The van der Waals surface area contributed by atoms with Crippen molar-refractivity contribution >= 4 is 11.7 Å². The van der Waals surface area contributed by atoms with Gasteiger partial charge in [0.25, 0.3) is 5.91 Å². The Balaban J connectivity index is 2.22. The summed E-state index contributed by atoms with van der Waals surface area (Å²) in [5.41, 5.74) is 11.0. The molecular weight excluding hydrogens is 374 g/mol. The van der Waals surface area contributed by atoms with Crippen LogP contribution in [-0.2, 0) is 6.54 Å². The van der Waals surface area contributed by atoms with Gasteiger partial charge in [-0.25, -0.2) is 9.97 Å². The van der Waals surface area contributed by atoms with Gasteiger partial charge >= 0.3 is 0 Å². The topological polar surface area (TPSA) is 92.9 Å². The second-order valence-electron chi connectivity index (χ2n) is 6.91. The first kappa shape index (κ1) is 23.0. The highest BCUT2D eigenvalue weighted by Crippen LogP contribution is 2.21. The maximum atomic E-state index is 12.0. The van der Waals surface area contributed by atoms with E-state index in [1.165, 1.54) is 18.2 Å². The minimum absolute atomic E-state index is 0.112. The van der Waals surface area contributed by atoms with E-state index in [2.05, 4.69) is 59.2 Å². The van der Waals surface area contributed by atoms with E-state index in [-0.39, 0.29) is 23.5 Å². The molecule has 1 heterocycles. The molecule has 158 valence electrons. The normalized spacial score (nSPS) is 13.1. The molecule has 2 aromatic rings. The van der Waals surface area contributed by atoms with Gasteiger partial charge in [-0.3, -0.25) is 4.79 Å². The molecule has 6 nitrogen and oxygen atoms in total. The fourth-order valence-electron chi connectivity index (χ4n) is 3.25. The SMILES string of the molecule is C=C/C(=C(\C=C/C)CC)C(C)NCc1cccc(-c2cnc(N)c(C(=O)NC)n2)c1. The van der Waals surface area contributed by atoms with Crippen molar-refractivity contribution in [1.29, 1.82) is 0 Å². The van der Waals surface area contributed by atoms with Gasteiger partial charge in [0.15, 0.2) is 11.5 Å². The summed E-state index contributed by atoms with van der Waals surface area (Å²) >= 11 is 0. The second kappa shape index (κ2) is 11.1. The van der Waals surface area contributed by atoms with E-state index in [0.717, 1.165) is 17.5 Å². The Morgan fingerprint density at radius 3 is 2.77 bits per heavy atom. The number of nitrogen functional groups attached to an aromatic ring is 1. The number of allylic oxidation sites excluding steroid dienone is 3. The number of nitrogens with two attached hydrogens (primary N) is 1. The van der Waals surface area contributed by atoms with Gasteiger partial charge < -0.3 is 16.4 Å². The number of carbonyl (C=O) groups is 1. The average molecular weight is 406 g/mol. The maximum Gasteiger partial charge on any atom is 0.273 e. The molecule has 0 aliphatic rings. The van der Waals surface area contributed by atoms with Crippen LogP contribution in [0.25, 0.3) is 11.3 Å². The Morgan fingerprint density at radius 1 is 1.37 bits per heavy atom. The lowest BCUT2D eigenvalue weighted by molar-refractivity contribution is 0.0959. The molecule has 0 radical (unpaired) electrons. The van der Waals surface area contributed by atoms with Crippen molar-refractivity contribution in [2.45, 2.75) is 39.8 Å². The third kappa shape index (κ3) is 5.64. The van der Waals surface area contributed by atoms with E-state index in [0.29, 0.717) is 12.2 Å². The molecule has 4 N–H and O–H groups in total. The predicted molar refractivity (Wildman–Crippen MR) is 124 cm³/mol. The van der Waals surface area contributed by atoms with Crippen molar-refractivity contribution in [3.05, 3.63) is 77.7 Å². The smallest absolute Gasteiger partial charge is 0.273 e. The number of hydrogen-bond donors (Lipinski definition) is 3. The van der Waals surface area contributed by atoms with Crippen LogP contribution in [0.1, 0.15) is 43.2 Å². The van der Waals surface area contributed by atoms with Crippen LogP contribution in [0.5, 0.6) is 0 Å². The van der Waals surface area contributed by atoms with Crippen molar-refractivity contribution in [2.75, 3.05) is 12.8 Å². The van der Waals surface area contributed by atoms with E-state index in [1.54, 1.807) is 6.20 Å². The van der Waals surface area contributed by atoms with E-state index < -0.39 is 0 Å². The van der Waals surface area contributed by atoms with Gasteiger partial charge in [0.2, 0.25) is 0 Å². The maximum absolute atomic E-state index is 12.0. The lowest BCUT2D eigenvalue weighted by Gasteiger charge is -2.18. The first-order valence-electron chi connectivity index (χ1n) is 10.1. The molecule has 1 aromatic heterocycles. The van der Waals surface area contributed by atoms with Gasteiger partial charge in [-0.2, -0.15) is 0 Å². The number of aromatic nitrogens is 2. The number of anilines is 1. The summed E-state index contributed by atoms with van der Waals surface area (Å²) in [5, 5.41) is 6.10. The van der Waals surface area contributed by atoms with Crippen molar-refractivity contribution < 1.29 is 4.79 Å². The zero-order chi connectivity index (χ0) is 22.1. The van der Waals surface area contributed by atoms with Gasteiger partial charge in [0.05, 0.1) is 11.9 Å². The van der Waals surface area contributed by atoms with Gasteiger partial charge in [-0.15, -0.1) is 0 Å². The van der Waals surface area contributed by atoms with Crippen LogP contribution in [-0.4, -0.2) is 29.0 Å². The fourth-order valence-corrected chi connectivity index (χ4v) is 3.25. The Bertz CT molecular complexity index is 962. The van der Waals surface area contributed by atoms with E-state index in [1.807, 2.05) is 31.2 Å². The highest BCUT2D eigenvalue weighted by Gasteiger charge is 2.14.